The van der Waals surface area contributed by atoms with Crippen LogP contribution in [0.5, 0.6) is 5.75 Å². The number of methoxy groups -OCH3 is 1. The average Bonchev–Trinajstić information content (AvgIpc) is 3.47. The van der Waals surface area contributed by atoms with Gasteiger partial charge in [-0.25, -0.2) is 13.9 Å². The van der Waals surface area contributed by atoms with Gasteiger partial charge in [0.2, 0.25) is 0 Å². The monoisotopic (exact) mass is 478 g/mol. The van der Waals surface area contributed by atoms with Crippen LogP contribution in [0.1, 0.15) is 62.6 Å². The maximum atomic E-state index is 16.2. The Labute approximate surface area is 203 Å². The summed E-state index contributed by atoms with van der Waals surface area (Å²) in [6.45, 7) is 5.79. The first-order chi connectivity index (χ1) is 17.0. The van der Waals surface area contributed by atoms with Gasteiger partial charge in [0.1, 0.15) is 6.33 Å². The van der Waals surface area contributed by atoms with Crippen molar-refractivity contribution in [2.45, 2.75) is 63.5 Å². The minimum absolute atomic E-state index is 0.102. The fraction of sp³-hybridized carbons (Fsp3) is 0.500. The molecule has 2 aliphatic rings. The maximum absolute atomic E-state index is 16.2. The molecular weight excluding hydrogens is 447 g/mol. The summed E-state index contributed by atoms with van der Waals surface area (Å²) in [7, 11) is 1.61. The van der Waals surface area contributed by atoms with Gasteiger partial charge in [0.15, 0.2) is 17.2 Å². The Kier molecular flexibility index (Phi) is 5.69. The minimum atomic E-state index is -0.189. The Hall–Kier alpha value is -3.04. The number of halogens is 1. The van der Waals surface area contributed by atoms with E-state index in [1.54, 1.807) is 17.8 Å². The van der Waals surface area contributed by atoms with Crippen molar-refractivity contribution in [3.05, 3.63) is 41.9 Å². The van der Waals surface area contributed by atoms with Crippen LogP contribution >= 0.6 is 0 Å². The molecule has 4 aromatic rings. The number of hydrogen-bond donors (Lipinski definition) is 2. The molecule has 0 radical (unpaired) electrons. The van der Waals surface area contributed by atoms with Crippen LogP contribution in [-0.4, -0.2) is 57.0 Å². The lowest BCUT2D eigenvalue weighted by Gasteiger charge is -2.35. The fourth-order valence-corrected chi connectivity index (χ4v) is 5.66. The fourth-order valence-electron chi connectivity index (χ4n) is 5.66. The Balaban J connectivity index is 1.37. The predicted molar refractivity (Wildman–Crippen MR) is 131 cm³/mol. The maximum Gasteiger partial charge on any atom is 0.197 e. The van der Waals surface area contributed by atoms with Gasteiger partial charge >= 0.3 is 0 Å². The number of aromatic nitrogens is 5. The molecule has 1 saturated carbocycles. The lowest BCUT2D eigenvalue weighted by Crippen LogP contribution is -2.51. The number of ether oxygens (including phenoxy) is 2. The number of hydrogen-bond acceptors (Lipinski definition) is 6. The molecule has 0 atom stereocenters. The third kappa shape index (κ3) is 3.87. The Morgan fingerprint density at radius 1 is 1.17 bits per heavy atom. The summed E-state index contributed by atoms with van der Waals surface area (Å²) in [6.07, 6.45) is 9.14. The minimum Gasteiger partial charge on any atom is -0.493 e. The highest BCUT2D eigenvalue weighted by atomic mass is 19.1. The van der Waals surface area contributed by atoms with Crippen molar-refractivity contribution in [1.82, 2.24) is 29.9 Å². The van der Waals surface area contributed by atoms with Gasteiger partial charge in [-0.05, 0) is 43.2 Å². The molecule has 1 aliphatic heterocycles. The molecule has 5 heterocycles. The zero-order valence-electron chi connectivity index (χ0n) is 20.3. The highest BCUT2D eigenvalue weighted by molar-refractivity contribution is 5.92. The molecular formula is C26H31FN6O2. The number of rotatable bonds is 6. The van der Waals surface area contributed by atoms with Crippen LogP contribution in [0.2, 0.25) is 0 Å². The number of aromatic amines is 1. The van der Waals surface area contributed by atoms with Gasteiger partial charge in [0.05, 0.1) is 49.5 Å². The molecule has 6 rings (SSSR count). The van der Waals surface area contributed by atoms with Crippen LogP contribution in [0.4, 0.5) is 4.39 Å². The zero-order chi connectivity index (χ0) is 24.1. The highest BCUT2D eigenvalue weighted by Gasteiger charge is 2.30. The van der Waals surface area contributed by atoms with Gasteiger partial charge in [-0.15, -0.1) is 0 Å². The summed E-state index contributed by atoms with van der Waals surface area (Å²) in [4.78, 5) is 12.3. The first-order valence-corrected chi connectivity index (χ1v) is 12.4. The number of pyridine rings is 2. The van der Waals surface area contributed by atoms with Crippen molar-refractivity contribution in [2.24, 2.45) is 0 Å². The molecule has 0 unspecified atom stereocenters. The summed E-state index contributed by atoms with van der Waals surface area (Å²) in [6, 6.07) is 2.89. The van der Waals surface area contributed by atoms with Crippen LogP contribution < -0.4 is 10.1 Å². The molecule has 184 valence electrons. The Bertz CT molecular complexity index is 1370. The number of fused-ring (bicyclic) bond motifs is 2. The molecule has 4 aromatic heterocycles. The Morgan fingerprint density at radius 2 is 1.97 bits per heavy atom. The topological polar surface area (TPSA) is 89.4 Å². The van der Waals surface area contributed by atoms with E-state index in [0.29, 0.717) is 40.1 Å². The normalized spacial score (nSPS) is 21.2. The van der Waals surface area contributed by atoms with Crippen LogP contribution in [0, 0.1) is 5.82 Å². The SMILES string of the molecule is COc1cc(-c2[nH]c3cnc(C4CCC(NC5COC5)CC4)c(F)c3c2C(C)C)cn2ncnc12. The largest absolute Gasteiger partial charge is 0.493 e. The van der Waals surface area contributed by atoms with Crippen molar-refractivity contribution < 1.29 is 13.9 Å². The first-order valence-electron chi connectivity index (χ1n) is 12.4. The van der Waals surface area contributed by atoms with Gasteiger partial charge in [0.25, 0.3) is 0 Å². The van der Waals surface area contributed by atoms with Crippen LogP contribution in [0.3, 0.4) is 0 Å². The molecule has 1 saturated heterocycles. The van der Waals surface area contributed by atoms with E-state index in [1.165, 1.54) is 6.33 Å². The number of H-pyrrole nitrogens is 1. The molecule has 9 heteroatoms. The van der Waals surface area contributed by atoms with E-state index in [4.69, 9.17) is 9.47 Å². The average molecular weight is 479 g/mol. The molecule has 2 fully saturated rings. The van der Waals surface area contributed by atoms with E-state index in [-0.39, 0.29) is 17.7 Å². The molecule has 35 heavy (non-hydrogen) atoms. The summed E-state index contributed by atoms with van der Waals surface area (Å²) in [5.74, 6) is 0.670. The van der Waals surface area contributed by atoms with Gasteiger partial charge in [-0.1, -0.05) is 13.8 Å². The van der Waals surface area contributed by atoms with Crippen LogP contribution in [0.15, 0.2) is 24.8 Å². The number of nitrogens with one attached hydrogen (secondary N) is 2. The quantitative estimate of drug-likeness (QED) is 0.422. The van der Waals surface area contributed by atoms with Gasteiger partial charge in [-0.2, -0.15) is 5.10 Å². The van der Waals surface area contributed by atoms with Crippen LogP contribution in [0.25, 0.3) is 27.8 Å². The van der Waals surface area contributed by atoms with Crippen molar-refractivity contribution in [3.63, 3.8) is 0 Å². The second-order valence-corrected chi connectivity index (χ2v) is 10.1. The molecule has 0 bridgehead atoms. The third-order valence-corrected chi connectivity index (χ3v) is 7.50. The second-order valence-electron chi connectivity index (χ2n) is 10.1. The van der Waals surface area contributed by atoms with E-state index in [9.17, 15) is 0 Å². The molecule has 0 spiro atoms. The van der Waals surface area contributed by atoms with Gasteiger partial charge in [0, 0.05) is 29.1 Å². The standard InChI is InChI=1S/C26H31FN6O2/c1-14(2)21-22-19(32-24(21)16-8-20(34-3)26-29-13-30-33(26)10-16)9-28-25(23(22)27)15-4-6-17(7-5-15)31-18-11-35-12-18/h8-10,13-15,17-18,31-32H,4-7,11-12H2,1-3H3. The van der Waals surface area contributed by atoms with Crippen molar-refractivity contribution in [3.8, 4) is 17.0 Å². The summed E-state index contributed by atoms with van der Waals surface area (Å²) in [5, 5.41) is 8.60. The summed E-state index contributed by atoms with van der Waals surface area (Å²) in [5.41, 5.74) is 4.63. The second kappa shape index (κ2) is 8.87. The molecule has 1 aliphatic carbocycles. The van der Waals surface area contributed by atoms with Crippen molar-refractivity contribution in [2.75, 3.05) is 20.3 Å². The lowest BCUT2D eigenvalue weighted by atomic mass is 9.82. The van der Waals surface area contributed by atoms with E-state index >= 15 is 4.39 Å². The van der Waals surface area contributed by atoms with E-state index in [0.717, 1.165) is 55.7 Å². The van der Waals surface area contributed by atoms with E-state index < -0.39 is 0 Å². The summed E-state index contributed by atoms with van der Waals surface area (Å²) < 4.78 is 28.7. The zero-order valence-corrected chi connectivity index (χ0v) is 20.3. The van der Waals surface area contributed by atoms with Crippen molar-refractivity contribution in [1.29, 1.82) is 0 Å². The summed E-state index contributed by atoms with van der Waals surface area (Å²) >= 11 is 0. The lowest BCUT2D eigenvalue weighted by molar-refractivity contribution is -0.0121. The van der Waals surface area contributed by atoms with Crippen LogP contribution in [-0.2, 0) is 4.74 Å². The van der Waals surface area contributed by atoms with E-state index in [1.807, 2.05) is 12.3 Å². The molecule has 2 N–H and O–H groups in total. The highest BCUT2D eigenvalue weighted by Crippen LogP contribution is 2.41. The van der Waals surface area contributed by atoms with Gasteiger partial charge < -0.3 is 19.8 Å². The smallest absolute Gasteiger partial charge is 0.197 e. The molecule has 8 nitrogen and oxygen atoms in total. The number of nitrogens with zero attached hydrogens (tertiary/aromatic N) is 4. The molecule has 0 aromatic carbocycles. The Morgan fingerprint density at radius 3 is 2.66 bits per heavy atom. The molecule has 0 amide bonds. The van der Waals surface area contributed by atoms with E-state index in [2.05, 4.69) is 39.2 Å². The predicted octanol–water partition coefficient (Wildman–Crippen LogP) is 4.56. The van der Waals surface area contributed by atoms with Crippen molar-refractivity contribution >= 4 is 16.6 Å². The third-order valence-electron chi connectivity index (χ3n) is 7.50. The first kappa shape index (κ1) is 22.4. The van der Waals surface area contributed by atoms with Gasteiger partial charge in [-0.3, -0.25) is 4.98 Å².